The van der Waals surface area contributed by atoms with E-state index in [4.69, 9.17) is 9.84 Å². The zero-order valence-electron chi connectivity index (χ0n) is 9.74. The van der Waals surface area contributed by atoms with Crippen LogP contribution < -0.4 is 0 Å². The molecule has 5 heteroatoms. The quantitative estimate of drug-likeness (QED) is 0.737. The Bertz CT molecular complexity index is 232. The highest BCUT2D eigenvalue weighted by Crippen LogP contribution is 2.06. The van der Waals surface area contributed by atoms with Gasteiger partial charge in [-0.2, -0.15) is 0 Å². The van der Waals surface area contributed by atoms with Crippen LogP contribution in [-0.2, 0) is 14.3 Å². The molecule has 0 aromatic heterocycles. The molecule has 15 heavy (non-hydrogen) atoms. The molecule has 5 nitrogen and oxygen atoms in total. The van der Waals surface area contributed by atoms with Gasteiger partial charge in [0, 0.05) is 13.6 Å². The van der Waals surface area contributed by atoms with Crippen LogP contribution in [-0.4, -0.2) is 47.7 Å². The largest absolute Gasteiger partial charge is 0.481 e. The number of amides is 1. The summed E-state index contributed by atoms with van der Waals surface area (Å²) in [4.78, 5) is 23.0. The fraction of sp³-hybridized carbons (Fsp3) is 0.800. The van der Waals surface area contributed by atoms with Crippen LogP contribution in [0, 0.1) is 0 Å². The lowest BCUT2D eigenvalue weighted by molar-refractivity contribution is -0.141. The van der Waals surface area contributed by atoms with E-state index >= 15 is 0 Å². The first kappa shape index (κ1) is 13.9. The van der Waals surface area contributed by atoms with E-state index in [1.54, 1.807) is 7.05 Å². The summed E-state index contributed by atoms with van der Waals surface area (Å²) in [5.74, 6) is -1.11. The van der Waals surface area contributed by atoms with Gasteiger partial charge in [0.1, 0.15) is 6.61 Å². The number of carbonyl (C=O) groups excluding carboxylic acids is 1. The third-order valence-corrected chi connectivity index (χ3v) is 1.72. The molecule has 0 heterocycles. The lowest BCUT2D eigenvalue weighted by atomic mass is 10.2. The Morgan fingerprint density at radius 2 is 1.87 bits per heavy atom. The summed E-state index contributed by atoms with van der Waals surface area (Å²) in [7, 11) is 1.57. The lowest BCUT2D eigenvalue weighted by Crippen LogP contribution is -2.35. The Morgan fingerprint density at radius 1 is 1.33 bits per heavy atom. The van der Waals surface area contributed by atoms with E-state index in [-0.39, 0.29) is 31.1 Å². The van der Waals surface area contributed by atoms with Crippen molar-refractivity contribution in [3.05, 3.63) is 0 Å². The van der Waals surface area contributed by atoms with Crippen LogP contribution in [0.25, 0.3) is 0 Å². The smallest absolute Gasteiger partial charge is 0.305 e. The van der Waals surface area contributed by atoms with E-state index in [2.05, 4.69) is 0 Å². The van der Waals surface area contributed by atoms with Crippen molar-refractivity contribution in [3.63, 3.8) is 0 Å². The molecule has 0 rings (SSSR count). The van der Waals surface area contributed by atoms with Gasteiger partial charge in [-0.1, -0.05) is 0 Å². The summed E-state index contributed by atoms with van der Waals surface area (Å²) in [6.07, 6.45) is -0.0439. The molecule has 0 saturated heterocycles. The van der Waals surface area contributed by atoms with Gasteiger partial charge in [-0.05, 0) is 20.8 Å². The first-order valence-corrected chi connectivity index (χ1v) is 4.82. The molecule has 0 aromatic rings. The molecule has 1 N–H and O–H groups in total. The van der Waals surface area contributed by atoms with Gasteiger partial charge in [0.15, 0.2) is 0 Å². The van der Waals surface area contributed by atoms with Crippen molar-refractivity contribution in [1.29, 1.82) is 0 Å². The summed E-state index contributed by atoms with van der Waals surface area (Å²) < 4.78 is 5.28. The van der Waals surface area contributed by atoms with Crippen LogP contribution in [0.4, 0.5) is 0 Å². The SMILES string of the molecule is CN(CCC(=O)O)C(=O)COC(C)(C)C. The van der Waals surface area contributed by atoms with Crippen molar-refractivity contribution < 1.29 is 19.4 Å². The maximum absolute atomic E-state index is 11.4. The average molecular weight is 217 g/mol. The van der Waals surface area contributed by atoms with Crippen LogP contribution in [0.5, 0.6) is 0 Å². The minimum Gasteiger partial charge on any atom is -0.481 e. The summed E-state index contributed by atoms with van der Waals surface area (Å²) in [5, 5.41) is 8.43. The van der Waals surface area contributed by atoms with E-state index in [9.17, 15) is 9.59 Å². The first-order valence-electron chi connectivity index (χ1n) is 4.82. The molecule has 0 aromatic carbocycles. The zero-order valence-corrected chi connectivity index (χ0v) is 9.74. The van der Waals surface area contributed by atoms with Crippen molar-refractivity contribution in [2.75, 3.05) is 20.2 Å². The van der Waals surface area contributed by atoms with Crippen molar-refractivity contribution in [2.45, 2.75) is 32.8 Å². The number of carboxylic acid groups (broad SMARTS) is 1. The number of likely N-dealkylation sites (N-methyl/N-ethyl adjacent to an activating group) is 1. The maximum Gasteiger partial charge on any atom is 0.305 e. The van der Waals surface area contributed by atoms with Crippen molar-refractivity contribution >= 4 is 11.9 Å². The molecular weight excluding hydrogens is 198 g/mol. The normalized spacial score (nSPS) is 11.2. The molecule has 0 unspecified atom stereocenters. The molecule has 0 atom stereocenters. The summed E-state index contributed by atoms with van der Waals surface area (Å²) >= 11 is 0. The molecule has 0 aliphatic heterocycles. The van der Waals surface area contributed by atoms with Crippen LogP contribution in [0.3, 0.4) is 0 Å². The van der Waals surface area contributed by atoms with Crippen LogP contribution >= 0.6 is 0 Å². The molecular formula is C10H19NO4. The number of hydrogen-bond donors (Lipinski definition) is 1. The molecule has 0 spiro atoms. The highest BCUT2D eigenvalue weighted by Gasteiger charge is 2.15. The fourth-order valence-corrected chi connectivity index (χ4v) is 0.776. The number of aliphatic carboxylic acids is 1. The van der Waals surface area contributed by atoms with Crippen LogP contribution in [0.2, 0.25) is 0 Å². The van der Waals surface area contributed by atoms with Crippen molar-refractivity contribution in [2.24, 2.45) is 0 Å². The van der Waals surface area contributed by atoms with Gasteiger partial charge in [-0.3, -0.25) is 9.59 Å². The second kappa shape index (κ2) is 5.70. The first-order chi connectivity index (χ1) is 6.72. The second-order valence-electron chi connectivity index (χ2n) is 4.36. The Labute approximate surface area is 90.0 Å². The highest BCUT2D eigenvalue weighted by atomic mass is 16.5. The Balaban J connectivity index is 3.84. The summed E-state index contributed by atoms with van der Waals surface area (Å²) in [6.45, 7) is 5.77. The van der Waals surface area contributed by atoms with Crippen molar-refractivity contribution in [1.82, 2.24) is 4.90 Å². The van der Waals surface area contributed by atoms with Gasteiger partial charge in [0.2, 0.25) is 5.91 Å². The molecule has 1 amide bonds. The van der Waals surface area contributed by atoms with Gasteiger partial charge in [-0.25, -0.2) is 0 Å². The van der Waals surface area contributed by atoms with Gasteiger partial charge in [0.05, 0.1) is 12.0 Å². The number of nitrogens with zero attached hydrogens (tertiary/aromatic N) is 1. The van der Waals surface area contributed by atoms with Crippen LogP contribution in [0.15, 0.2) is 0 Å². The van der Waals surface area contributed by atoms with E-state index < -0.39 is 5.97 Å². The van der Waals surface area contributed by atoms with Crippen molar-refractivity contribution in [3.8, 4) is 0 Å². The van der Waals surface area contributed by atoms with E-state index in [0.29, 0.717) is 0 Å². The number of carboxylic acids is 1. The minimum atomic E-state index is -0.911. The summed E-state index contributed by atoms with van der Waals surface area (Å²) in [5.41, 5.74) is -0.358. The number of ether oxygens (including phenoxy) is 1. The molecule has 88 valence electrons. The fourth-order valence-electron chi connectivity index (χ4n) is 0.776. The topological polar surface area (TPSA) is 66.8 Å². The Morgan fingerprint density at radius 3 is 2.27 bits per heavy atom. The Kier molecular flexibility index (Phi) is 5.28. The predicted molar refractivity (Wildman–Crippen MR) is 55.6 cm³/mol. The van der Waals surface area contributed by atoms with Gasteiger partial charge in [0.25, 0.3) is 0 Å². The second-order valence-corrected chi connectivity index (χ2v) is 4.36. The Hall–Kier alpha value is -1.10. The standard InChI is InChI=1S/C10H19NO4/c1-10(2,3)15-7-8(12)11(4)6-5-9(13)14/h5-7H2,1-4H3,(H,13,14). The number of carbonyl (C=O) groups is 2. The van der Waals surface area contributed by atoms with Gasteiger partial charge in [-0.15, -0.1) is 0 Å². The molecule has 0 radical (unpaired) electrons. The molecule has 0 fully saturated rings. The maximum atomic E-state index is 11.4. The van der Waals surface area contributed by atoms with Crippen LogP contribution in [0.1, 0.15) is 27.2 Å². The third kappa shape index (κ3) is 7.93. The van der Waals surface area contributed by atoms with E-state index in [1.807, 2.05) is 20.8 Å². The molecule has 0 saturated carbocycles. The summed E-state index contributed by atoms with van der Waals surface area (Å²) in [6, 6.07) is 0. The van der Waals surface area contributed by atoms with E-state index in [0.717, 1.165) is 0 Å². The molecule has 0 aliphatic carbocycles. The lowest BCUT2D eigenvalue weighted by Gasteiger charge is -2.22. The minimum absolute atomic E-state index is 0.0143. The van der Waals surface area contributed by atoms with E-state index in [1.165, 1.54) is 4.90 Å². The van der Waals surface area contributed by atoms with Gasteiger partial charge >= 0.3 is 5.97 Å². The monoisotopic (exact) mass is 217 g/mol. The number of hydrogen-bond acceptors (Lipinski definition) is 3. The number of rotatable bonds is 5. The molecule has 0 aliphatic rings. The zero-order chi connectivity index (χ0) is 12.1. The molecule has 0 bridgehead atoms. The average Bonchev–Trinajstić information content (AvgIpc) is 2.08. The van der Waals surface area contributed by atoms with Gasteiger partial charge < -0.3 is 14.7 Å². The highest BCUT2D eigenvalue weighted by molar-refractivity contribution is 5.77. The third-order valence-electron chi connectivity index (χ3n) is 1.72. The predicted octanol–water partition coefficient (Wildman–Crippen LogP) is 0.735.